The lowest BCUT2D eigenvalue weighted by Crippen LogP contribution is -2.44. The van der Waals surface area contributed by atoms with Crippen LogP contribution in [0.1, 0.15) is 6.42 Å². The highest BCUT2D eigenvalue weighted by molar-refractivity contribution is 5.59. The zero-order valence-corrected chi connectivity index (χ0v) is 11.6. The fourth-order valence-electron chi connectivity index (χ4n) is 3.39. The van der Waals surface area contributed by atoms with E-state index in [2.05, 4.69) is 51.3 Å². The van der Waals surface area contributed by atoms with Gasteiger partial charge in [0.15, 0.2) is 5.82 Å². The number of likely N-dealkylation sites (tertiary alicyclic amines) is 1. The van der Waals surface area contributed by atoms with Crippen LogP contribution in [0.4, 0.5) is 5.82 Å². The molecule has 2 atom stereocenters. The van der Waals surface area contributed by atoms with Gasteiger partial charge in [-0.25, -0.2) is 0 Å². The predicted molar refractivity (Wildman–Crippen MR) is 79.6 cm³/mol. The van der Waals surface area contributed by atoms with E-state index in [0.717, 1.165) is 30.2 Å². The Labute approximate surface area is 119 Å². The Hall–Kier alpha value is -1.94. The number of piperazine rings is 1. The van der Waals surface area contributed by atoms with Gasteiger partial charge in [-0.3, -0.25) is 4.90 Å². The Bertz CT molecular complexity index is 594. The minimum Gasteiger partial charge on any atom is -0.349 e. The van der Waals surface area contributed by atoms with Gasteiger partial charge >= 0.3 is 0 Å². The maximum absolute atomic E-state index is 4.44. The second-order valence-corrected chi connectivity index (χ2v) is 5.78. The first-order valence-corrected chi connectivity index (χ1v) is 7.17. The monoisotopic (exact) mass is 266 g/mol. The van der Waals surface area contributed by atoms with Crippen LogP contribution in [0.3, 0.4) is 0 Å². The molecule has 1 unspecified atom stereocenters. The molecule has 2 aliphatic heterocycles. The molecule has 20 heavy (non-hydrogen) atoms. The lowest BCUT2D eigenvalue weighted by Gasteiger charge is -2.32. The van der Waals surface area contributed by atoms with Gasteiger partial charge in [-0.2, -0.15) is 0 Å². The van der Waals surface area contributed by atoms with Crippen molar-refractivity contribution in [3.63, 3.8) is 0 Å². The summed E-state index contributed by atoms with van der Waals surface area (Å²) in [7, 11) is 2.21. The summed E-state index contributed by atoms with van der Waals surface area (Å²) >= 11 is 0. The summed E-state index contributed by atoms with van der Waals surface area (Å²) in [6, 6.07) is 15.7. The van der Waals surface area contributed by atoms with Gasteiger partial charge in [0, 0.05) is 30.7 Å². The first-order valence-electron chi connectivity index (χ1n) is 7.17. The normalized spacial score (nSPS) is 25.4. The number of benzene rings is 1. The summed E-state index contributed by atoms with van der Waals surface area (Å²) in [6.45, 7) is 2.23. The van der Waals surface area contributed by atoms with Gasteiger partial charge in [-0.1, -0.05) is 30.3 Å². The summed E-state index contributed by atoms with van der Waals surface area (Å²) in [4.78, 5) is 4.86. The van der Waals surface area contributed by atoms with Gasteiger partial charge in [-0.05, 0) is 25.6 Å². The van der Waals surface area contributed by atoms with Gasteiger partial charge in [0.1, 0.15) is 0 Å². The molecule has 4 rings (SSSR count). The summed E-state index contributed by atoms with van der Waals surface area (Å²) < 4.78 is 0. The second-order valence-electron chi connectivity index (χ2n) is 5.78. The molecule has 102 valence electrons. The molecule has 2 saturated heterocycles. The number of anilines is 1. The van der Waals surface area contributed by atoms with Crippen LogP contribution in [0.2, 0.25) is 0 Å². The fraction of sp³-hybridized carbons (Fsp3) is 0.375. The average molecular weight is 266 g/mol. The number of hydrogen-bond acceptors (Lipinski definition) is 4. The van der Waals surface area contributed by atoms with Crippen LogP contribution in [0, 0.1) is 0 Å². The average Bonchev–Trinajstić information content (AvgIpc) is 3.07. The highest BCUT2D eigenvalue weighted by Gasteiger charge is 2.41. The molecule has 0 saturated carbocycles. The van der Waals surface area contributed by atoms with Crippen LogP contribution in [-0.4, -0.2) is 47.3 Å². The lowest BCUT2D eigenvalue weighted by atomic mass is 10.1. The zero-order chi connectivity index (χ0) is 13.5. The van der Waals surface area contributed by atoms with Gasteiger partial charge in [0.2, 0.25) is 0 Å². The quantitative estimate of drug-likeness (QED) is 0.832. The van der Waals surface area contributed by atoms with E-state index in [9.17, 15) is 0 Å². The number of hydrogen-bond donors (Lipinski definition) is 0. The van der Waals surface area contributed by atoms with Crippen molar-refractivity contribution < 1.29 is 0 Å². The van der Waals surface area contributed by atoms with E-state index in [-0.39, 0.29) is 0 Å². The Morgan fingerprint density at radius 3 is 2.40 bits per heavy atom. The van der Waals surface area contributed by atoms with Crippen molar-refractivity contribution >= 4 is 5.82 Å². The van der Waals surface area contributed by atoms with Crippen LogP contribution < -0.4 is 4.90 Å². The molecule has 2 aliphatic rings. The van der Waals surface area contributed by atoms with Crippen molar-refractivity contribution in [2.45, 2.75) is 18.5 Å². The molecule has 0 spiro atoms. The summed E-state index contributed by atoms with van der Waals surface area (Å²) in [5.41, 5.74) is 2.06. The first kappa shape index (κ1) is 11.9. The number of fused-ring (bicyclic) bond motifs is 2. The van der Waals surface area contributed by atoms with E-state index in [4.69, 9.17) is 0 Å². The molecule has 4 heteroatoms. The SMILES string of the molecule is CN1C[C@@H]2CC1CN2c1ccc(-c2ccccc2)nn1. The molecular formula is C16H18N4. The van der Waals surface area contributed by atoms with Crippen molar-refractivity contribution in [1.29, 1.82) is 0 Å². The summed E-state index contributed by atoms with van der Waals surface area (Å²) in [5.74, 6) is 1.02. The molecule has 1 aromatic carbocycles. The summed E-state index contributed by atoms with van der Waals surface area (Å²) in [6.07, 6.45) is 1.26. The first-order chi connectivity index (χ1) is 9.81. The minimum atomic E-state index is 0.613. The van der Waals surface area contributed by atoms with Crippen molar-refractivity contribution in [3.8, 4) is 11.3 Å². The molecule has 2 aromatic rings. The van der Waals surface area contributed by atoms with Crippen molar-refractivity contribution in [2.75, 3.05) is 25.0 Å². The number of likely N-dealkylation sites (N-methyl/N-ethyl adjacent to an activating group) is 1. The largest absolute Gasteiger partial charge is 0.349 e. The van der Waals surface area contributed by atoms with E-state index in [0.29, 0.717) is 12.1 Å². The molecular weight excluding hydrogens is 248 g/mol. The topological polar surface area (TPSA) is 32.3 Å². The smallest absolute Gasteiger partial charge is 0.151 e. The Morgan fingerprint density at radius 1 is 0.950 bits per heavy atom. The van der Waals surface area contributed by atoms with Crippen molar-refractivity contribution in [1.82, 2.24) is 15.1 Å². The molecule has 1 aromatic heterocycles. The predicted octanol–water partition coefficient (Wildman–Crippen LogP) is 2.04. The second kappa shape index (κ2) is 4.56. The molecule has 2 bridgehead atoms. The zero-order valence-electron chi connectivity index (χ0n) is 11.6. The van der Waals surface area contributed by atoms with Crippen LogP contribution in [0.25, 0.3) is 11.3 Å². The maximum Gasteiger partial charge on any atom is 0.151 e. The highest BCUT2D eigenvalue weighted by atomic mass is 15.4. The highest BCUT2D eigenvalue weighted by Crippen LogP contribution is 2.32. The molecule has 3 heterocycles. The van der Waals surface area contributed by atoms with Gasteiger partial charge in [0.05, 0.1) is 5.69 Å². The molecule has 0 amide bonds. The van der Waals surface area contributed by atoms with Crippen molar-refractivity contribution in [3.05, 3.63) is 42.5 Å². The van der Waals surface area contributed by atoms with Crippen LogP contribution in [-0.2, 0) is 0 Å². The molecule has 4 nitrogen and oxygen atoms in total. The third kappa shape index (κ3) is 1.88. The van der Waals surface area contributed by atoms with Gasteiger partial charge in [-0.15, -0.1) is 10.2 Å². The molecule has 0 aliphatic carbocycles. The number of nitrogens with zero attached hydrogens (tertiary/aromatic N) is 4. The van der Waals surface area contributed by atoms with E-state index >= 15 is 0 Å². The standard InChI is InChI=1S/C16H18N4/c1-19-10-14-9-13(19)11-20(14)16-8-7-15(17-18-16)12-5-3-2-4-6-12/h2-8,13-14H,9-11H2,1H3/t13?,14-/m0/s1. The van der Waals surface area contributed by atoms with Crippen molar-refractivity contribution in [2.24, 2.45) is 0 Å². The minimum absolute atomic E-state index is 0.613. The van der Waals surface area contributed by atoms with E-state index in [1.165, 1.54) is 6.42 Å². The van der Waals surface area contributed by atoms with Crippen LogP contribution in [0.5, 0.6) is 0 Å². The van der Waals surface area contributed by atoms with Crippen LogP contribution >= 0.6 is 0 Å². The number of rotatable bonds is 2. The molecule has 0 radical (unpaired) electrons. The Morgan fingerprint density at radius 2 is 1.80 bits per heavy atom. The van der Waals surface area contributed by atoms with E-state index < -0.39 is 0 Å². The van der Waals surface area contributed by atoms with Crippen LogP contribution in [0.15, 0.2) is 42.5 Å². The Kier molecular flexibility index (Phi) is 2.70. The fourth-order valence-corrected chi connectivity index (χ4v) is 3.39. The van der Waals surface area contributed by atoms with E-state index in [1.54, 1.807) is 0 Å². The van der Waals surface area contributed by atoms with Gasteiger partial charge in [0.25, 0.3) is 0 Å². The molecule has 0 N–H and O–H groups in total. The number of aromatic nitrogens is 2. The Balaban J connectivity index is 1.57. The van der Waals surface area contributed by atoms with E-state index in [1.807, 2.05) is 18.2 Å². The van der Waals surface area contributed by atoms with Gasteiger partial charge < -0.3 is 4.90 Å². The maximum atomic E-state index is 4.44. The lowest BCUT2D eigenvalue weighted by molar-refractivity contribution is 0.292. The third-order valence-corrected chi connectivity index (χ3v) is 4.53. The molecule has 2 fully saturated rings. The summed E-state index contributed by atoms with van der Waals surface area (Å²) in [5, 5.41) is 8.83. The third-order valence-electron chi connectivity index (χ3n) is 4.53.